The Kier molecular flexibility index (Phi) is 62.7. The standard InChI is InChI=1S/C72H143N2O6P/c1-6-8-10-12-14-16-18-20-22-24-26-28-29-30-31-32-33-34-35-36-37-38-39-40-41-42-43-44-45-46-48-50-52-54-56-58-60-62-64-66-72(76)73-70(69-80-81(77,78)79-68-67-74(3,4)5)71(75)65-63-61-59-57-55-53-51-49-47-27-25-23-21-19-17-15-13-11-9-7-2/h18,20,24,26,70-71,75H,6-17,19,21-23,25,27-69H2,1-5H3,(H-,73,76,77,78)/b20-18-,26-24-. The quantitative estimate of drug-likeness (QED) is 0.0272. The number of nitrogens with one attached hydrogen (secondary N) is 1. The minimum Gasteiger partial charge on any atom is -0.756 e. The highest BCUT2D eigenvalue weighted by Gasteiger charge is 2.24. The second-order valence-electron chi connectivity index (χ2n) is 26.3. The number of likely N-dealkylation sites (N-methyl/N-ethyl adjacent to an activating group) is 1. The largest absolute Gasteiger partial charge is 0.756 e. The predicted octanol–water partition coefficient (Wildman–Crippen LogP) is 22.4. The van der Waals surface area contributed by atoms with Crippen molar-refractivity contribution in [3.63, 3.8) is 0 Å². The number of hydrogen-bond acceptors (Lipinski definition) is 6. The van der Waals surface area contributed by atoms with E-state index in [1.807, 2.05) is 21.1 Å². The third kappa shape index (κ3) is 66.4. The van der Waals surface area contributed by atoms with Gasteiger partial charge in [-0.1, -0.05) is 353 Å². The van der Waals surface area contributed by atoms with Gasteiger partial charge in [0.15, 0.2) is 0 Å². The van der Waals surface area contributed by atoms with Crippen LogP contribution in [-0.2, 0) is 18.4 Å². The number of rotatable bonds is 68. The third-order valence-corrected chi connectivity index (χ3v) is 17.9. The van der Waals surface area contributed by atoms with Gasteiger partial charge in [0.05, 0.1) is 39.9 Å². The van der Waals surface area contributed by atoms with E-state index in [4.69, 9.17) is 9.05 Å². The summed E-state index contributed by atoms with van der Waals surface area (Å²) in [6.45, 7) is 4.77. The molecular formula is C72H143N2O6P. The zero-order chi connectivity index (χ0) is 59.1. The lowest BCUT2D eigenvalue weighted by atomic mass is 10.0. The second kappa shape index (κ2) is 63.5. The van der Waals surface area contributed by atoms with Gasteiger partial charge < -0.3 is 28.8 Å². The lowest BCUT2D eigenvalue weighted by Crippen LogP contribution is -2.46. The van der Waals surface area contributed by atoms with E-state index in [2.05, 4.69) is 43.5 Å². The number of aliphatic hydroxyl groups excluding tert-OH is 1. The molecule has 0 aliphatic heterocycles. The molecule has 0 radical (unpaired) electrons. The summed E-state index contributed by atoms with van der Waals surface area (Å²) in [6.07, 6.45) is 82.7. The molecule has 0 aromatic rings. The fourth-order valence-electron chi connectivity index (χ4n) is 11.3. The summed E-state index contributed by atoms with van der Waals surface area (Å²) in [7, 11) is 1.33. The molecule has 0 aromatic carbocycles. The van der Waals surface area contributed by atoms with Crippen molar-refractivity contribution in [2.75, 3.05) is 40.9 Å². The molecule has 3 atom stereocenters. The summed E-state index contributed by atoms with van der Waals surface area (Å²) in [5, 5.41) is 14.1. The summed E-state index contributed by atoms with van der Waals surface area (Å²) < 4.78 is 23.5. The number of aliphatic hydroxyl groups is 1. The van der Waals surface area contributed by atoms with Crippen LogP contribution in [0.15, 0.2) is 24.3 Å². The van der Waals surface area contributed by atoms with Crippen molar-refractivity contribution in [1.82, 2.24) is 5.32 Å². The maximum atomic E-state index is 13.1. The molecule has 0 rings (SSSR count). The van der Waals surface area contributed by atoms with E-state index in [1.54, 1.807) is 0 Å². The van der Waals surface area contributed by atoms with Gasteiger partial charge in [0.1, 0.15) is 13.2 Å². The van der Waals surface area contributed by atoms with E-state index < -0.39 is 20.0 Å². The van der Waals surface area contributed by atoms with Crippen LogP contribution in [0.3, 0.4) is 0 Å². The Bertz CT molecular complexity index is 1370. The van der Waals surface area contributed by atoms with Crippen LogP contribution in [0.5, 0.6) is 0 Å². The highest BCUT2D eigenvalue weighted by molar-refractivity contribution is 7.45. The molecule has 482 valence electrons. The molecule has 0 saturated carbocycles. The first-order valence-electron chi connectivity index (χ1n) is 36.2. The van der Waals surface area contributed by atoms with Crippen LogP contribution >= 0.6 is 7.82 Å². The van der Waals surface area contributed by atoms with Crippen molar-refractivity contribution in [1.29, 1.82) is 0 Å². The molecule has 0 spiro atoms. The lowest BCUT2D eigenvalue weighted by molar-refractivity contribution is -0.870. The smallest absolute Gasteiger partial charge is 0.268 e. The Labute approximate surface area is 506 Å². The van der Waals surface area contributed by atoms with Crippen molar-refractivity contribution < 1.29 is 32.9 Å². The molecule has 9 heteroatoms. The molecule has 0 heterocycles. The highest BCUT2D eigenvalue weighted by atomic mass is 31.2. The Balaban J connectivity index is 3.88. The van der Waals surface area contributed by atoms with Crippen molar-refractivity contribution in [3.05, 3.63) is 24.3 Å². The fraction of sp³-hybridized carbons (Fsp3) is 0.931. The normalized spacial score (nSPS) is 13.7. The topological polar surface area (TPSA) is 108 Å². The first-order chi connectivity index (χ1) is 39.5. The molecule has 0 fully saturated rings. The van der Waals surface area contributed by atoms with Crippen LogP contribution in [0.25, 0.3) is 0 Å². The third-order valence-electron chi connectivity index (χ3n) is 16.9. The van der Waals surface area contributed by atoms with Gasteiger partial charge in [-0.05, 0) is 44.9 Å². The molecule has 0 aliphatic carbocycles. The summed E-state index contributed by atoms with van der Waals surface area (Å²) in [5.41, 5.74) is 0. The summed E-state index contributed by atoms with van der Waals surface area (Å²) in [6, 6.07) is -0.798. The minimum atomic E-state index is -4.58. The second-order valence-corrected chi connectivity index (χ2v) is 27.7. The zero-order valence-electron chi connectivity index (χ0n) is 55.3. The molecular weight excluding hydrogens is 1020 g/mol. The monoisotopic (exact) mass is 1160 g/mol. The number of carbonyl (C=O) groups excluding carboxylic acids is 1. The summed E-state index contributed by atoms with van der Waals surface area (Å²) >= 11 is 0. The molecule has 2 N–H and O–H groups in total. The molecule has 81 heavy (non-hydrogen) atoms. The van der Waals surface area contributed by atoms with Gasteiger partial charge in [-0.2, -0.15) is 0 Å². The van der Waals surface area contributed by atoms with Gasteiger partial charge in [-0.3, -0.25) is 9.36 Å². The van der Waals surface area contributed by atoms with Crippen LogP contribution in [0.1, 0.15) is 380 Å². The molecule has 0 bridgehead atoms. The number of amides is 1. The van der Waals surface area contributed by atoms with E-state index >= 15 is 0 Å². The van der Waals surface area contributed by atoms with E-state index in [-0.39, 0.29) is 19.1 Å². The number of quaternary nitrogens is 1. The van der Waals surface area contributed by atoms with Crippen LogP contribution < -0.4 is 10.2 Å². The Morgan fingerprint density at radius 2 is 0.716 bits per heavy atom. The predicted molar refractivity (Wildman–Crippen MR) is 353 cm³/mol. The Hall–Kier alpha value is -1.02. The van der Waals surface area contributed by atoms with Crippen molar-refractivity contribution in [2.45, 2.75) is 392 Å². The number of carbonyl (C=O) groups is 1. The Morgan fingerprint density at radius 1 is 0.432 bits per heavy atom. The molecule has 3 unspecified atom stereocenters. The van der Waals surface area contributed by atoms with Gasteiger partial charge in [-0.25, -0.2) is 0 Å². The average molecular weight is 1160 g/mol. The van der Waals surface area contributed by atoms with E-state index in [0.717, 1.165) is 44.9 Å². The zero-order valence-corrected chi connectivity index (χ0v) is 56.2. The number of nitrogens with zero attached hydrogens (tertiary/aromatic N) is 1. The van der Waals surface area contributed by atoms with Gasteiger partial charge in [0, 0.05) is 6.42 Å². The fourth-order valence-corrected chi connectivity index (χ4v) is 12.0. The highest BCUT2D eigenvalue weighted by Crippen LogP contribution is 2.38. The van der Waals surface area contributed by atoms with E-state index in [9.17, 15) is 19.4 Å². The first kappa shape index (κ1) is 80.0. The molecule has 0 aromatic heterocycles. The van der Waals surface area contributed by atoms with Crippen molar-refractivity contribution in [3.8, 4) is 0 Å². The number of phosphoric ester groups is 1. The maximum absolute atomic E-state index is 13.1. The number of unbranched alkanes of at least 4 members (excludes halogenated alkanes) is 51. The van der Waals surface area contributed by atoms with Gasteiger partial charge in [0.2, 0.25) is 5.91 Å². The molecule has 0 saturated heterocycles. The van der Waals surface area contributed by atoms with Gasteiger partial charge in [-0.15, -0.1) is 0 Å². The first-order valence-corrected chi connectivity index (χ1v) is 37.6. The van der Waals surface area contributed by atoms with Crippen LogP contribution in [0.4, 0.5) is 0 Å². The summed E-state index contributed by atoms with van der Waals surface area (Å²) in [4.78, 5) is 25.7. The van der Waals surface area contributed by atoms with Gasteiger partial charge in [0.25, 0.3) is 7.82 Å². The van der Waals surface area contributed by atoms with Crippen LogP contribution in [0, 0.1) is 0 Å². The van der Waals surface area contributed by atoms with E-state index in [1.165, 1.54) is 308 Å². The van der Waals surface area contributed by atoms with Crippen LogP contribution in [0.2, 0.25) is 0 Å². The van der Waals surface area contributed by atoms with Crippen LogP contribution in [-0.4, -0.2) is 68.5 Å². The SMILES string of the molecule is CCCCCCC/C=C\C/C=C\CCCCCCCCCCCCCCCCCCCCCCCCCCCCCC(=O)NC(COP(=O)([O-])OCC[N+](C)(C)C)C(O)CCCCCCCCCCCCCCCCCCCCCC. The minimum absolute atomic E-state index is 0.0157. The van der Waals surface area contributed by atoms with Crippen molar-refractivity contribution in [2.24, 2.45) is 0 Å². The maximum Gasteiger partial charge on any atom is 0.268 e. The lowest BCUT2D eigenvalue weighted by Gasteiger charge is -2.30. The summed E-state index contributed by atoms with van der Waals surface area (Å²) in [5.74, 6) is -0.155. The number of allylic oxidation sites excluding steroid dienone is 4. The molecule has 0 aliphatic rings. The average Bonchev–Trinajstić information content (AvgIpc) is 3.43. The number of phosphoric acid groups is 1. The van der Waals surface area contributed by atoms with Gasteiger partial charge >= 0.3 is 0 Å². The van der Waals surface area contributed by atoms with E-state index in [0.29, 0.717) is 23.9 Å². The Morgan fingerprint density at radius 3 is 1.02 bits per heavy atom. The molecule has 1 amide bonds. The van der Waals surface area contributed by atoms with Crippen molar-refractivity contribution >= 4 is 13.7 Å². The number of hydrogen-bond donors (Lipinski definition) is 2. The molecule has 8 nitrogen and oxygen atoms in total.